The van der Waals surface area contributed by atoms with Crippen molar-refractivity contribution < 1.29 is 41.8 Å². The number of pyridine rings is 2. The maximum Gasteiger partial charge on any atom is 0.417 e. The largest absolute Gasteiger partial charge is 0.497 e. The number of fused-ring (bicyclic) bond motifs is 2. The lowest BCUT2D eigenvalue weighted by molar-refractivity contribution is -0.138. The molecule has 3 amide bonds. The predicted molar refractivity (Wildman–Crippen MR) is 185 cm³/mol. The molecule has 1 fully saturated rings. The molecule has 1 unspecified atom stereocenters. The fourth-order valence-corrected chi connectivity index (χ4v) is 7.05. The minimum atomic E-state index is -4.63. The number of hydrogen-bond donors (Lipinski definition) is 2. The molecule has 1 atom stereocenters. The molecule has 0 radical (unpaired) electrons. The molecule has 12 nitrogen and oxygen atoms in total. The van der Waals surface area contributed by atoms with Gasteiger partial charge in [0.15, 0.2) is 0 Å². The van der Waals surface area contributed by atoms with Gasteiger partial charge in [-0.15, -0.1) is 11.3 Å². The van der Waals surface area contributed by atoms with E-state index in [2.05, 4.69) is 25.6 Å². The zero-order valence-electron chi connectivity index (χ0n) is 27.7. The summed E-state index contributed by atoms with van der Waals surface area (Å²) in [6, 6.07) is 13.9. The smallest absolute Gasteiger partial charge is 0.417 e. The number of halogens is 3. The Bertz CT molecular complexity index is 2160. The summed E-state index contributed by atoms with van der Waals surface area (Å²) in [6.45, 7) is 1.57. The summed E-state index contributed by atoms with van der Waals surface area (Å²) in [5, 5.41) is 5.61. The Morgan fingerprint density at radius 1 is 0.962 bits per heavy atom. The number of nitrogens with one attached hydrogen (secondary N) is 2. The summed E-state index contributed by atoms with van der Waals surface area (Å²) in [6.07, 6.45) is -1.49. The van der Waals surface area contributed by atoms with Gasteiger partial charge in [-0.25, -0.2) is 9.97 Å². The molecule has 7 rings (SSSR count). The van der Waals surface area contributed by atoms with Crippen molar-refractivity contribution in [1.29, 1.82) is 0 Å². The Morgan fingerprint density at radius 3 is 2.58 bits per heavy atom. The van der Waals surface area contributed by atoms with E-state index in [4.69, 9.17) is 14.2 Å². The number of thiazole rings is 1. The van der Waals surface area contributed by atoms with Gasteiger partial charge in [-0.05, 0) is 66.6 Å². The zero-order valence-corrected chi connectivity index (χ0v) is 28.5. The van der Waals surface area contributed by atoms with Crippen LogP contribution in [0.4, 0.5) is 19.0 Å². The number of methoxy groups -OCH3 is 1. The standard InChI is InChI=1S/C36H31F3N6O6S/c1-49-22-4-6-27-30(15-22)52-34(43-27)25-18-41-28(16-26(25)36(37,38)39)20-2-8-31(42-17-20)40-10-11-50-12-13-51-23-3-5-24-21(14-23)19-45(35(24)48)29-7-9-32(46)44-33(29)47/h2-6,8,14-18,29H,7,9-13,19H2,1H3,(H,40,42)(H,44,46,47). The highest BCUT2D eigenvalue weighted by atomic mass is 32.1. The van der Waals surface area contributed by atoms with Gasteiger partial charge in [0.2, 0.25) is 11.8 Å². The number of carbonyl (C=O) groups excluding carboxylic acids is 3. The molecule has 0 bridgehead atoms. The van der Waals surface area contributed by atoms with Crippen LogP contribution in [-0.4, -0.2) is 77.1 Å². The lowest BCUT2D eigenvalue weighted by atomic mass is 10.0. The van der Waals surface area contributed by atoms with Crippen LogP contribution in [0.1, 0.15) is 34.3 Å². The first-order chi connectivity index (χ1) is 25.1. The summed E-state index contributed by atoms with van der Waals surface area (Å²) < 4.78 is 60.0. The third-order valence-electron chi connectivity index (χ3n) is 8.64. The van der Waals surface area contributed by atoms with E-state index in [0.717, 1.165) is 23.0 Å². The molecule has 16 heteroatoms. The van der Waals surface area contributed by atoms with Crippen molar-refractivity contribution in [2.24, 2.45) is 0 Å². The SMILES string of the molecule is COc1ccc2nc(-c3cnc(-c4ccc(NCCOCCOc5ccc6c(c5)CN(C5CCC(=O)NC5=O)C6=O)nc4)cc3C(F)(F)F)sc2c1. The highest BCUT2D eigenvalue weighted by Crippen LogP contribution is 2.41. The third kappa shape index (κ3) is 7.38. The molecule has 0 saturated carbocycles. The van der Waals surface area contributed by atoms with Gasteiger partial charge in [0.1, 0.15) is 35.0 Å². The molecular formula is C36H31F3N6O6S. The van der Waals surface area contributed by atoms with Crippen LogP contribution < -0.4 is 20.1 Å². The molecule has 52 heavy (non-hydrogen) atoms. The van der Waals surface area contributed by atoms with Crippen LogP contribution in [0.15, 0.2) is 67.0 Å². The van der Waals surface area contributed by atoms with E-state index >= 15 is 0 Å². The monoisotopic (exact) mass is 732 g/mol. The molecule has 2 N–H and O–H groups in total. The molecule has 5 heterocycles. The van der Waals surface area contributed by atoms with Crippen molar-refractivity contribution in [3.05, 3.63) is 83.7 Å². The first-order valence-corrected chi connectivity index (χ1v) is 17.1. The molecular weight excluding hydrogens is 701 g/mol. The van der Waals surface area contributed by atoms with Crippen molar-refractivity contribution in [3.8, 4) is 33.3 Å². The number of anilines is 1. The van der Waals surface area contributed by atoms with Gasteiger partial charge >= 0.3 is 6.18 Å². The Labute approximate surface area is 298 Å². The summed E-state index contributed by atoms with van der Waals surface area (Å²) in [5.74, 6) is 0.623. The second-order valence-electron chi connectivity index (χ2n) is 12.0. The number of aromatic nitrogens is 3. The van der Waals surface area contributed by atoms with Gasteiger partial charge in [-0.2, -0.15) is 13.2 Å². The molecule has 2 aliphatic heterocycles. The number of imide groups is 1. The van der Waals surface area contributed by atoms with E-state index in [-0.39, 0.29) is 47.7 Å². The maximum atomic E-state index is 14.2. The highest BCUT2D eigenvalue weighted by Gasteiger charge is 2.39. The van der Waals surface area contributed by atoms with Crippen LogP contribution >= 0.6 is 11.3 Å². The molecule has 2 aromatic carbocycles. The highest BCUT2D eigenvalue weighted by molar-refractivity contribution is 7.21. The average molecular weight is 733 g/mol. The van der Waals surface area contributed by atoms with Gasteiger partial charge < -0.3 is 24.4 Å². The Balaban J connectivity index is 0.881. The van der Waals surface area contributed by atoms with E-state index in [1.807, 2.05) is 0 Å². The number of amides is 3. The molecule has 0 spiro atoms. The molecule has 3 aromatic heterocycles. The van der Waals surface area contributed by atoms with E-state index < -0.39 is 23.7 Å². The van der Waals surface area contributed by atoms with E-state index in [1.165, 1.54) is 24.4 Å². The zero-order chi connectivity index (χ0) is 36.4. The summed E-state index contributed by atoms with van der Waals surface area (Å²) in [5.41, 5.74) is 1.43. The van der Waals surface area contributed by atoms with Crippen molar-refractivity contribution in [3.63, 3.8) is 0 Å². The average Bonchev–Trinajstić information content (AvgIpc) is 3.71. The quantitative estimate of drug-likeness (QED) is 0.121. The lowest BCUT2D eigenvalue weighted by Crippen LogP contribution is -2.52. The Hall–Kier alpha value is -5.61. The van der Waals surface area contributed by atoms with Gasteiger partial charge in [-0.1, -0.05) is 0 Å². The van der Waals surface area contributed by atoms with Crippen molar-refractivity contribution in [1.82, 2.24) is 25.2 Å². The molecule has 0 aliphatic carbocycles. The van der Waals surface area contributed by atoms with Gasteiger partial charge in [-0.3, -0.25) is 24.7 Å². The molecule has 5 aromatic rings. The number of hydrogen-bond acceptors (Lipinski definition) is 11. The fraction of sp³-hybridized carbons (Fsp3) is 0.278. The van der Waals surface area contributed by atoms with Crippen molar-refractivity contribution in [2.45, 2.75) is 31.6 Å². The van der Waals surface area contributed by atoms with Crippen molar-refractivity contribution >= 4 is 45.1 Å². The van der Waals surface area contributed by atoms with Crippen LogP contribution in [0.2, 0.25) is 0 Å². The van der Waals surface area contributed by atoms with E-state index in [0.29, 0.717) is 64.8 Å². The van der Waals surface area contributed by atoms with E-state index in [1.54, 1.807) is 48.5 Å². The number of carbonyl (C=O) groups is 3. The number of alkyl halides is 3. The lowest BCUT2D eigenvalue weighted by Gasteiger charge is -2.29. The maximum absolute atomic E-state index is 14.2. The fourth-order valence-electron chi connectivity index (χ4n) is 6.03. The Morgan fingerprint density at radius 2 is 1.81 bits per heavy atom. The second kappa shape index (κ2) is 14.6. The van der Waals surface area contributed by atoms with Gasteiger partial charge in [0.25, 0.3) is 5.91 Å². The third-order valence-corrected chi connectivity index (χ3v) is 9.69. The summed E-state index contributed by atoms with van der Waals surface area (Å²) in [7, 11) is 1.52. The first kappa shape index (κ1) is 34.8. The minimum Gasteiger partial charge on any atom is -0.497 e. The summed E-state index contributed by atoms with van der Waals surface area (Å²) in [4.78, 5) is 51.1. The van der Waals surface area contributed by atoms with Crippen LogP contribution in [0.3, 0.4) is 0 Å². The number of piperidine rings is 1. The van der Waals surface area contributed by atoms with Crippen LogP contribution in [0, 0.1) is 0 Å². The first-order valence-electron chi connectivity index (χ1n) is 16.3. The van der Waals surface area contributed by atoms with Crippen LogP contribution in [0.5, 0.6) is 11.5 Å². The topological polar surface area (TPSA) is 145 Å². The predicted octanol–water partition coefficient (Wildman–Crippen LogP) is 5.72. The van der Waals surface area contributed by atoms with E-state index in [9.17, 15) is 27.6 Å². The molecule has 268 valence electrons. The normalized spacial score (nSPS) is 15.9. The number of benzene rings is 2. The second-order valence-corrected chi connectivity index (χ2v) is 13.0. The number of rotatable bonds is 12. The number of ether oxygens (including phenoxy) is 3. The van der Waals surface area contributed by atoms with Gasteiger partial charge in [0, 0.05) is 48.6 Å². The van der Waals surface area contributed by atoms with Gasteiger partial charge in [0.05, 0.1) is 41.8 Å². The Kier molecular flexibility index (Phi) is 9.75. The minimum absolute atomic E-state index is 0.102. The van der Waals surface area contributed by atoms with Crippen LogP contribution in [0.25, 0.3) is 32.0 Å². The molecule has 1 saturated heterocycles. The van der Waals surface area contributed by atoms with Crippen LogP contribution in [-0.2, 0) is 27.0 Å². The molecule has 2 aliphatic rings. The number of nitrogens with zero attached hydrogens (tertiary/aromatic N) is 4. The van der Waals surface area contributed by atoms with Crippen molar-refractivity contribution in [2.75, 3.05) is 38.8 Å². The summed E-state index contributed by atoms with van der Waals surface area (Å²) >= 11 is 1.14.